The van der Waals surface area contributed by atoms with Crippen LogP contribution in [0.1, 0.15) is 39.5 Å². The van der Waals surface area contributed by atoms with Gasteiger partial charge >= 0.3 is 17.9 Å². The molecule has 25 heavy (non-hydrogen) atoms. The monoisotopic (exact) mass is 354 g/mol. The molecule has 0 radical (unpaired) electrons. The smallest absolute Gasteiger partial charge is 0.333 e. The quantitative estimate of drug-likeness (QED) is 0.326. The lowest BCUT2D eigenvalue weighted by Crippen LogP contribution is -2.50. The van der Waals surface area contributed by atoms with Crippen LogP contribution in [0, 0.1) is 0 Å². The van der Waals surface area contributed by atoms with E-state index in [4.69, 9.17) is 14.2 Å². The van der Waals surface area contributed by atoms with Crippen molar-refractivity contribution in [2.45, 2.75) is 57.5 Å². The van der Waals surface area contributed by atoms with Crippen LogP contribution >= 0.6 is 0 Å². The van der Waals surface area contributed by atoms with Crippen molar-refractivity contribution in [3.05, 3.63) is 38.0 Å². The maximum atomic E-state index is 11.7. The molecule has 0 aromatic heterocycles. The van der Waals surface area contributed by atoms with Gasteiger partial charge in [0.15, 0.2) is 6.10 Å². The molecule has 0 heterocycles. The second-order valence-corrected chi connectivity index (χ2v) is 5.33. The van der Waals surface area contributed by atoms with Crippen LogP contribution in [-0.4, -0.2) is 41.0 Å². The van der Waals surface area contributed by atoms with Gasteiger partial charge in [0.05, 0.1) is 6.10 Å². The van der Waals surface area contributed by atoms with Gasteiger partial charge in [-0.3, -0.25) is 0 Å². The van der Waals surface area contributed by atoms with Crippen molar-refractivity contribution in [1.29, 1.82) is 0 Å². The fourth-order valence-corrected chi connectivity index (χ4v) is 2.07. The first-order chi connectivity index (χ1) is 11.7. The van der Waals surface area contributed by atoms with Crippen molar-refractivity contribution in [2.24, 2.45) is 0 Å². The summed E-state index contributed by atoms with van der Waals surface area (Å²) >= 11 is 0. The molecule has 0 aliphatic carbocycles. The van der Waals surface area contributed by atoms with E-state index >= 15 is 0 Å². The van der Waals surface area contributed by atoms with E-state index in [2.05, 4.69) is 19.7 Å². The molecular formula is C18H26O7. The SMILES string of the molecule is C=CC(=O)OC(C)C(CCC(O)CCC)(OC(=O)C=C)OC(=O)C=C. The summed E-state index contributed by atoms with van der Waals surface area (Å²) < 4.78 is 15.5. The van der Waals surface area contributed by atoms with Gasteiger partial charge in [-0.2, -0.15) is 0 Å². The van der Waals surface area contributed by atoms with Crippen molar-refractivity contribution < 1.29 is 33.7 Å². The molecule has 0 spiro atoms. The molecule has 7 nitrogen and oxygen atoms in total. The van der Waals surface area contributed by atoms with E-state index in [1.54, 1.807) is 0 Å². The number of carbonyl (C=O) groups is 3. The highest BCUT2D eigenvalue weighted by Crippen LogP contribution is 2.29. The lowest BCUT2D eigenvalue weighted by molar-refractivity contribution is -0.261. The van der Waals surface area contributed by atoms with Crippen molar-refractivity contribution in [1.82, 2.24) is 0 Å². The first-order valence-electron chi connectivity index (χ1n) is 7.96. The molecule has 0 rings (SSSR count). The van der Waals surface area contributed by atoms with Crippen LogP contribution in [0.4, 0.5) is 0 Å². The molecular weight excluding hydrogens is 328 g/mol. The molecule has 1 N–H and O–H groups in total. The molecule has 0 saturated carbocycles. The molecule has 2 unspecified atom stereocenters. The first-order valence-corrected chi connectivity index (χ1v) is 7.96. The Morgan fingerprint density at radius 2 is 1.48 bits per heavy atom. The zero-order valence-corrected chi connectivity index (χ0v) is 14.7. The molecule has 0 amide bonds. The zero-order valence-electron chi connectivity index (χ0n) is 14.7. The number of esters is 3. The van der Waals surface area contributed by atoms with Crippen LogP contribution in [0.2, 0.25) is 0 Å². The second kappa shape index (κ2) is 11.2. The molecule has 0 fully saturated rings. The molecule has 140 valence electrons. The highest BCUT2D eigenvalue weighted by Gasteiger charge is 2.46. The van der Waals surface area contributed by atoms with Crippen LogP contribution in [0.5, 0.6) is 0 Å². The highest BCUT2D eigenvalue weighted by molar-refractivity contribution is 5.84. The standard InChI is InChI=1S/C18H26O7/c1-6-10-14(19)11-12-18(24-16(21)8-3,25-17(22)9-4)13(5)23-15(20)7-2/h7-9,13-14,19H,2-4,6,10-12H2,1,5H3. The summed E-state index contributed by atoms with van der Waals surface area (Å²) in [6, 6.07) is 0. The summed E-state index contributed by atoms with van der Waals surface area (Å²) in [6.07, 6.45) is 2.18. The summed E-state index contributed by atoms with van der Waals surface area (Å²) in [7, 11) is 0. The number of hydrogen-bond acceptors (Lipinski definition) is 7. The number of aliphatic hydroxyl groups excluding tert-OH is 1. The first kappa shape index (κ1) is 22.6. The molecule has 0 aromatic carbocycles. The minimum atomic E-state index is -1.93. The average Bonchev–Trinajstić information content (AvgIpc) is 2.59. The molecule has 7 heteroatoms. The summed E-state index contributed by atoms with van der Waals surface area (Å²) in [5, 5.41) is 9.96. The number of aliphatic hydroxyl groups is 1. The normalized spacial score (nSPS) is 13.1. The van der Waals surface area contributed by atoms with Gasteiger partial charge in [0.1, 0.15) is 0 Å². The maximum absolute atomic E-state index is 11.7. The lowest BCUT2D eigenvalue weighted by Gasteiger charge is -2.36. The minimum absolute atomic E-state index is 0.0844. The fourth-order valence-electron chi connectivity index (χ4n) is 2.07. The van der Waals surface area contributed by atoms with E-state index in [1.165, 1.54) is 6.92 Å². The Kier molecular flexibility index (Phi) is 10.1. The molecule has 0 aliphatic rings. The summed E-state index contributed by atoms with van der Waals surface area (Å²) in [4.78, 5) is 35.0. The van der Waals surface area contributed by atoms with Gasteiger partial charge in [0.25, 0.3) is 5.79 Å². The summed E-state index contributed by atoms with van der Waals surface area (Å²) in [5.41, 5.74) is 0. The Hall–Kier alpha value is -2.41. The van der Waals surface area contributed by atoms with E-state index in [9.17, 15) is 19.5 Å². The van der Waals surface area contributed by atoms with Crippen molar-refractivity contribution in [3.63, 3.8) is 0 Å². The Bertz CT molecular complexity index is 488. The van der Waals surface area contributed by atoms with Gasteiger partial charge in [-0.05, 0) is 19.8 Å². The summed E-state index contributed by atoms with van der Waals surface area (Å²) in [6.45, 7) is 13.2. The molecule has 0 saturated heterocycles. The van der Waals surface area contributed by atoms with Gasteiger partial charge < -0.3 is 19.3 Å². The van der Waals surface area contributed by atoms with E-state index in [0.717, 1.165) is 24.6 Å². The third-order valence-electron chi connectivity index (χ3n) is 3.41. The second-order valence-electron chi connectivity index (χ2n) is 5.33. The van der Waals surface area contributed by atoms with E-state index < -0.39 is 35.9 Å². The van der Waals surface area contributed by atoms with Gasteiger partial charge in [-0.15, -0.1) is 0 Å². The average molecular weight is 354 g/mol. The maximum Gasteiger partial charge on any atom is 0.333 e. The minimum Gasteiger partial charge on any atom is -0.451 e. The van der Waals surface area contributed by atoms with Crippen molar-refractivity contribution >= 4 is 17.9 Å². The third-order valence-corrected chi connectivity index (χ3v) is 3.41. The van der Waals surface area contributed by atoms with Crippen LogP contribution in [-0.2, 0) is 28.6 Å². The molecule has 2 atom stereocenters. The third kappa shape index (κ3) is 7.80. The molecule has 0 aromatic rings. The van der Waals surface area contributed by atoms with E-state index in [1.807, 2.05) is 6.92 Å². The Labute approximate surface area is 147 Å². The van der Waals surface area contributed by atoms with Crippen molar-refractivity contribution in [3.8, 4) is 0 Å². The number of rotatable bonds is 12. The Morgan fingerprint density at radius 3 is 1.88 bits per heavy atom. The number of hydrogen-bond donors (Lipinski definition) is 1. The summed E-state index contributed by atoms with van der Waals surface area (Å²) in [5.74, 6) is -4.45. The van der Waals surface area contributed by atoms with E-state index in [0.29, 0.717) is 6.42 Å². The highest BCUT2D eigenvalue weighted by atomic mass is 16.8. The van der Waals surface area contributed by atoms with Crippen LogP contribution in [0.15, 0.2) is 38.0 Å². The lowest BCUT2D eigenvalue weighted by atomic mass is 9.99. The predicted octanol–water partition coefficient (Wildman–Crippen LogP) is 2.20. The van der Waals surface area contributed by atoms with Gasteiger partial charge in [-0.1, -0.05) is 33.1 Å². The fraction of sp³-hybridized carbons (Fsp3) is 0.500. The van der Waals surface area contributed by atoms with Crippen LogP contribution < -0.4 is 0 Å². The van der Waals surface area contributed by atoms with Gasteiger partial charge in [0, 0.05) is 24.6 Å². The topological polar surface area (TPSA) is 99.1 Å². The molecule has 0 aliphatic heterocycles. The van der Waals surface area contributed by atoms with Crippen LogP contribution in [0.25, 0.3) is 0 Å². The predicted molar refractivity (Wildman–Crippen MR) is 91.2 cm³/mol. The Morgan fingerprint density at radius 1 is 1.00 bits per heavy atom. The van der Waals surface area contributed by atoms with Gasteiger partial charge in [0.2, 0.25) is 0 Å². The van der Waals surface area contributed by atoms with E-state index in [-0.39, 0.29) is 12.8 Å². The van der Waals surface area contributed by atoms with Crippen molar-refractivity contribution in [2.75, 3.05) is 0 Å². The van der Waals surface area contributed by atoms with Crippen LogP contribution in [0.3, 0.4) is 0 Å². The van der Waals surface area contributed by atoms with Gasteiger partial charge in [-0.25, -0.2) is 14.4 Å². The molecule has 0 bridgehead atoms. The zero-order chi connectivity index (χ0) is 19.5. The number of ether oxygens (including phenoxy) is 3. The Balaban J connectivity index is 5.65. The largest absolute Gasteiger partial charge is 0.451 e. The number of carbonyl (C=O) groups excluding carboxylic acids is 3.